The summed E-state index contributed by atoms with van der Waals surface area (Å²) in [5.74, 6) is 0.142. The van der Waals surface area contributed by atoms with Crippen LogP contribution < -0.4 is 5.73 Å². The lowest BCUT2D eigenvalue weighted by Gasteiger charge is -2.30. The van der Waals surface area contributed by atoms with Crippen LogP contribution in [0.5, 0.6) is 0 Å². The minimum atomic E-state index is -0.591. The largest absolute Gasteiger partial charge is 0.341 e. The molecule has 1 amide bonds. The maximum atomic E-state index is 12.5. The molecular weight excluding hydrogens is 272 g/mol. The lowest BCUT2D eigenvalue weighted by molar-refractivity contribution is -0.136. The average molecular weight is 297 g/mol. The first-order valence-corrected chi connectivity index (χ1v) is 7.28. The molecule has 1 saturated carbocycles. The Hall–Kier alpha value is -1.06. The second-order valence-corrected chi connectivity index (χ2v) is 5.48. The van der Waals surface area contributed by atoms with Gasteiger partial charge in [0.1, 0.15) is 0 Å². The highest BCUT2D eigenvalue weighted by Gasteiger charge is 2.39. The van der Waals surface area contributed by atoms with Crippen LogP contribution in [0.25, 0.3) is 0 Å². The molecule has 1 aromatic carbocycles. The number of carbonyl (C=O) groups excluding carboxylic acids is 1. The fraction of sp³-hybridized carbons (Fsp3) is 0.562. The Labute approximate surface area is 127 Å². The molecule has 3 nitrogen and oxygen atoms in total. The third-order valence-corrected chi connectivity index (χ3v) is 4.10. The fourth-order valence-electron chi connectivity index (χ4n) is 2.85. The average Bonchev–Trinajstić information content (AvgIpc) is 2.88. The minimum Gasteiger partial charge on any atom is -0.341 e. The van der Waals surface area contributed by atoms with Crippen LogP contribution in [0.4, 0.5) is 0 Å². The van der Waals surface area contributed by atoms with E-state index in [1.54, 1.807) is 0 Å². The van der Waals surface area contributed by atoms with Crippen LogP contribution >= 0.6 is 12.4 Å². The van der Waals surface area contributed by atoms with Crippen molar-refractivity contribution in [2.45, 2.75) is 44.6 Å². The Kier molecular flexibility index (Phi) is 6.50. The first-order chi connectivity index (χ1) is 9.15. The SMILES string of the molecule is CCN(CCc1ccccc1)C(=O)C1(N)CCCC1.Cl. The molecule has 20 heavy (non-hydrogen) atoms. The smallest absolute Gasteiger partial charge is 0.242 e. The van der Waals surface area contributed by atoms with E-state index in [0.29, 0.717) is 0 Å². The first kappa shape index (κ1) is 17.0. The topological polar surface area (TPSA) is 46.3 Å². The van der Waals surface area contributed by atoms with E-state index in [9.17, 15) is 4.79 Å². The number of benzene rings is 1. The van der Waals surface area contributed by atoms with Crippen molar-refractivity contribution in [3.05, 3.63) is 35.9 Å². The lowest BCUT2D eigenvalue weighted by Crippen LogP contribution is -2.53. The van der Waals surface area contributed by atoms with Crippen molar-refractivity contribution >= 4 is 18.3 Å². The molecule has 0 unspecified atom stereocenters. The Morgan fingerprint density at radius 1 is 1.25 bits per heavy atom. The van der Waals surface area contributed by atoms with Gasteiger partial charge in [-0.05, 0) is 31.7 Å². The molecule has 0 atom stereocenters. The Morgan fingerprint density at radius 2 is 1.85 bits per heavy atom. The Morgan fingerprint density at radius 3 is 2.40 bits per heavy atom. The number of hydrogen-bond donors (Lipinski definition) is 1. The molecule has 0 spiro atoms. The molecule has 112 valence electrons. The molecular formula is C16H25ClN2O. The highest BCUT2D eigenvalue weighted by Crippen LogP contribution is 2.29. The summed E-state index contributed by atoms with van der Waals surface area (Å²) in [4.78, 5) is 14.4. The molecule has 2 rings (SSSR count). The zero-order valence-corrected chi connectivity index (χ0v) is 13.0. The van der Waals surface area contributed by atoms with Gasteiger partial charge >= 0.3 is 0 Å². The van der Waals surface area contributed by atoms with Crippen molar-refractivity contribution in [3.8, 4) is 0 Å². The van der Waals surface area contributed by atoms with Crippen LogP contribution in [0, 0.1) is 0 Å². The summed E-state index contributed by atoms with van der Waals surface area (Å²) in [6.07, 6.45) is 4.74. The number of rotatable bonds is 5. The fourth-order valence-corrected chi connectivity index (χ4v) is 2.85. The van der Waals surface area contributed by atoms with Crippen molar-refractivity contribution in [2.75, 3.05) is 13.1 Å². The van der Waals surface area contributed by atoms with E-state index in [-0.39, 0.29) is 18.3 Å². The third kappa shape index (κ3) is 3.97. The van der Waals surface area contributed by atoms with Gasteiger partial charge in [0, 0.05) is 13.1 Å². The van der Waals surface area contributed by atoms with Crippen LogP contribution in [0.15, 0.2) is 30.3 Å². The molecule has 1 aliphatic rings. The maximum absolute atomic E-state index is 12.5. The number of nitrogens with two attached hydrogens (primary N) is 1. The normalized spacial score (nSPS) is 16.5. The van der Waals surface area contributed by atoms with Gasteiger partial charge in [-0.1, -0.05) is 43.2 Å². The number of likely N-dealkylation sites (N-methyl/N-ethyl adjacent to an activating group) is 1. The standard InChI is InChI=1S/C16H24N2O.ClH/c1-2-18(13-10-14-8-4-3-5-9-14)15(19)16(17)11-6-7-12-16;/h3-5,8-9H,2,6-7,10-13,17H2,1H3;1H. The van der Waals surface area contributed by atoms with E-state index in [2.05, 4.69) is 12.1 Å². The summed E-state index contributed by atoms with van der Waals surface area (Å²) in [6, 6.07) is 10.3. The molecule has 1 fully saturated rings. The molecule has 4 heteroatoms. The monoisotopic (exact) mass is 296 g/mol. The van der Waals surface area contributed by atoms with Crippen LogP contribution in [0.3, 0.4) is 0 Å². The van der Waals surface area contributed by atoms with Gasteiger partial charge in [0.2, 0.25) is 5.91 Å². The van der Waals surface area contributed by atoms with E-state index < -0.39 is 5.54 Å². The van der Waals surface area contributed by atoms with Crippen molar-refractivity contribution in [1.29, 1.82) is 0 Å². The van der Waals surface area contributed by atoms with E-state index in [4.69, 9.17) is 5.73 Å². The van der Waals surface area contributed by atoms with E-state index >= 15 is 0 Å². The summed E-state index contributed by atoms with van der Waals surface area (Å²) < 4.78 is 0. The number of hydrogen-bond acceptors (Lipinski definition) is 2. The molecule has 0 aliphatic heterocycles. The van der Waals surface area contributed by atoms with Gasteiger partial charge in [0.15, 0.2) is 0 Å². The summed E-state index contributed by atoms with van der Waals surface area (Å²) in [5, 5.41) is 0. The quantitative estimate of drug-likeness (QED) is 0.908. The highest BCUT2D eigenvalue weighted by atomic mass is 35.5. The lowest BCUT2D eigenvalue weighted by atomic mass is 9.97. The van der Waals surface area contributed by atoms with Gasteiger partial charge in [0.25, 0.3) is 0 Å². The molecule has 0 radical (unpaired) electrons. The second kappa shape index (κ2) is 7.65. The molecule has 1 aromatic rings. The van der Waals surface area contributed by atoms with Gasteiger partial charge in [-0.2, -0.15) is 0 Å². The predicted octanol–water partition coefficient (Wildman–Crippen LogP) is 2.77. The van der Waals surface area contributed by atoms with Gasteiger partial charge in [-0.3, -0.25) is 4.79 Å². The van der Waals surface area contributed by atoms with Crippen LogP contribution in [0.1, 0.15) is 38.2 Å². The molecule has 0 bridgehead atoms. The summed E-state index contributed by atoms with van der Waals surface area (Å²) in [5.41, 5.74) is 6.94. The molecule has 0 heterocycles. The maximum Gasteiger partial charge on any atom is 0.242 e. The van der Waals surface area contributed by atoms with E-state index in [1.807, 2.05) is 30.0 Å². The summed E-state index contributed by atoms with van der Waals surface area (Å²) >= 11 is 0. The number of carbonyl (C=O) groups is 1. The summed E-state index contributed by atoms with van der Waals surface area (Å²) in [6.45, 7) is 3.53. The number of halogens is 1. The number of nitrogens with zero attached hydrogens (tertiary/aromatic N) is 1. The van der Waals surface area contributed by atoms with Gasteiger partial charge in [0.05, 0.1) is 5.54 Å². The Bertz CT molecular complexity index is 416. The van der Waals surface area contributed by atoms with Crippen molar-refractivity contribution in [2.24, 2.45) is 5.73 Å². The second-order valence-electron chi connectivity index (χ2n) is 5.48. The first-order valence-electron chi connectivity index (χ1n) is 7.28. The minimum absolute atomic E-state index is 0. The van der Waals surface area contributed by atoms with Crippen LogP contribution in [-0.2, 0) is 11.2 Å². The molecule has 0 saturated heterocycles. The zero-order chi connectivity index (χ0) is 13.7. The van der Waals surface area contributed by atoms with E-state index in [1.165, 1.54) is 5.56 Å². The van der Waals surface area contributed by atoms with Gasteiger partial charge in [-0.15, -0.1) is 12.4 Å². The zero-order valence-electron chi connectivity index (χ0n) is 12.2. The van der Waals surface area contributed by atoms with Gasteiger partial charge < -0.3 is 10.6 Å². The molecule has 1 aliphatic carbocycles. The highest BCUT2D eigenvalue weighted by molar-refractivity contribution is 5.86. The molecule has 0 aromatic heterocycles. The molecule has 2 N–H and O–H groups in total. The van der Waals surface area contributed by atoms with E-state index in [0.717, 1.165) is 45.2 Å². The predicted molar refractivity (Wildman–Crippen MR) is 85.0 cm³/mol. The van der Waals surface area contributed by atoms with Crippen molar-refractivity contribution in [3.63, 3.8) is 0 Å². The Balaban J connectivity index is 0.00000200. The van der Waals surface area contributed by atoms with Crippen molar-refractivity contribution < 1.29 is 4.79 Å². The van der Waals surface area contributed by atoms with Crippen LogP contribution in [-0.4, -0.2) is 29.4 Å². The summed E-state index contributed by atoms with van der Waals surface area (Å²) in [7, 11) is 0. The van der Waals surface area contributed by atoms with Crippen LogP contribution in [0.2, 0.25) is 0 Å². The third-order valence-electron chi connectivity index (χ3n) is 4.10. The number of amides is 1. The van der Waals surface area contributed by atoms with Crippen molar-refractivity contribution in [1.82, 2.24) is 4.90 Å². The van der Waals surface area contributed by atoms with Gasteiger partial charge in [-0.25, -0.2) is 0 Å².